The van der Waals surface area contributed by atoms with Gasteiger partial charge in [-0.05, 0) is 26.3 Å². The average Bonchev–Trinajstić information content (AvgIpc) is 2.73. The smallest absolute Gasteiger partial charge is 0.122 e. The van der Waals surface area contributed by atoms with Crippen LogP contribution in [0.5, 0.6) is 0 Å². The van der Waals surface area contributed by atoms with Crippen LogP contribution in [-0.2, 0) is 17.7 Å². The number of hydrogen-bond donors (Lipinski definition) is 1. The third-order valence-corrected chi connectivity index (χ3v) is 3.95. The summed E-state index contributed by atoms with van der Waals surface area (Å²) >= 11 is 1.78. The van der Waals surface area contributed by atoms with Gasteiger partial charge < -0.3 is 10.1 Å². The van der Waals surface area contributed by atoms with Gasteiger partial charge in [0.1, 0.15) is 11.1 Å². The lowest BCUT2D eigenvalue weighted by Gasteiger charge is -2.03. The zero-order valence-electron chi connectivity index (χ0n) is 11.4. The molecule has 0 aliphatic heterocycles. The summed E-state index contributed by atoms with van der Waals surface area (Å²) in [5.41, 5.74) is 1.25. The van der Waals surface area contributed by atoms with Crippen LogP contribution in [0.2, 0.25) is 0 Å². The van der Waals surface area contributed by atoms with Crippen LogP contribution in [0.25, 0.3) is 0 Å². The SMILES string of the molecule is CCCNCc1sc(C(C)OC)nc1CCC. The van der Waals surface area contributed by atoms with Crippen molar-refractivity contribution in [2.75, 3.05) is 13.7 Å². The molecule has 0 radical (unpaired) electrons. The zero-order chi connectivity index (χ0) is 12.7. The lowest BCUT2D eigenvalue weighted by molar-refractivity contribution is 0.119. The molecule has 1 N–H and O–H groups in total. The van der Waals surface area contributed by atoms with Crippen LogP contribution < -0.4 is 5.32 Å². The molecule has 1 atom stereocenters. The van der Waals surface area contributed by atoms with Gasteiger partial charge in [0.15, 0.2) is 0 Å². The van der Waals surface area contributed by atoms with E-state index in [1.807, 2.05) is 0 Å². The standard InChI is InChI=1S/C13H24N2OS/c1-5-7-11-12(9-14-8-6-2)17-13(15-11)10(3)16-4/h10,14H,5-9H2,1-4H3. The molecule has 0 aliphatic rings. The topological polar surface area (TPSA) is 34.1 Å². The van der Waals surface area contributed by atoms with Gasteiger partial charge in [-0.3, -0.25) is 0 Å². The van der Waals surface area contributed by atoms with E-state index in [4.69, 9.17) is 9.72 Å². The van der Waals surface area contributed by atoms with E-state index in [1.165, 1.54) is 17.0 Å². The average molecular weight is 256 g/mol. The second kappa shape index (κ2) is 7.80. The van der Waals surface area contributed by atoms with Crippen LogP contribution in [0.1, 0.15) is 55.3 Å². The summed E-state index contributed by atoms with van der Waals surface area (Å²) in [6, 6.07) is 0. The van der Waals surface area contributed by atoms with Crippen molar-refractivity contribution < 1.29 is 4.74 Å². The molecule has 0 aromatic carbocycles. The van der Waals surface area contributed by atoms with E-state index in [0.29, 0.717) is 0 Å². The van der Waals surface area contributed by atoms with Crippen LogP contribution >= 0.6 is 11.3 Å². The fraction of sp³-hybridized carbons (Fsp3) is 0.769. The van der Waals surface area contributed by atoms with Crippen molar-refractivity contribution in [3.63, 3.8) is 0 Å². The highest BCUT2D eigenvalue weighted by molar-refractivity contribution is 7.11. The first kappa shape index (κ1) is 14.6. The maximum Gasteiger partial charge on any atom is 0.122 e. The van der Waals surface area contributed by atoms with Crippen molar-refractivity contribution >= 4 is 11.3 Å². The quantitative estimate of drug-likeness (QED) is 0.725. The Hall–Kier alpha value is -0.450. The number of ether oxygens (including phenoxy) is 1. The van der Waals surface area contributed by atoms with Gasteiger partial charge in [-0.25, -0.2) is 4.98 Å². The highest BCUT2D eigenvalue weighted by Crippen LogP contribution is 2.26. The Morgan fingerprint density at radius 1 is 1.35 bits per heavy atom. The first-order chi connectivity index (χ1) is 8.22. The van der Waals surface area contributed by atoms with Crippen LogP contribution in [0.3, 0.4) is 0 Å². The summed E-state index contributed by atoms with van der Waals surface area (Å²) in [4.78, 5) is 6.08. The molecule has 0 amide bonds. The Morgan fingerprint density at radius 3 is 2.71 bits per heavy atom. The Kier molecular flexibility index (Phi) is 6.70. The summed E-state index contributed by atoms with van der Waals surface area (Å²) in [6.07, 6.45) is 3.49. The van der Waals surface area contributed by atoms with E-state index < -0.39 is 0 Å². The van der Waals surface area contributed by atoms with Crippen LogP contribution in [0, 0.1) is 0 Å². The zero-order valence-corrected chi connectivity index (χ0v) is 12.2. The molecular weight excluding hydrogens is 232 g/mol. The molecule has 0 saturated carbocycles. The summed E-state index contributed by atoms with van der Waals surface area (Å²) in [6.45, 7) is 8.45. The van der Waals surface area contributed by atoms with Gasteiger partial charge in [-0.2, -0.15) is 0 Å². The largest absolute Gasteiger partial charge is 0.375 e. The van der Waals surface area contributed by atoms with Gasteiger partial charge in [0.2, 0.25) is 0 Å². The molecule has 1 heterocycles. The Labute approximate surface area is 109 Å². The summed E-state index contributed by atoms with van der Waals surface area (Å²) < 4.78 is 5.34. The van der Waals surface area contributed by atoms with Crippen molar-refractivity contribution in [3.8, 4) is 0 Å². The molecule has 0 spiro atoms. The number of aryl methyl sites for hydroxylation is 1. The molecule has 1 aromatic heterocycles. The van der Waals surface area contributed by atoms with E-state index in [-0.39, 0.29) is 6.10 Å². The monoisotopic (exact) mass is 256 g/mol. The molecule has 0 bridgehead atoms. The molecule has 17 heavy (non-hydrogen) atoms. The van der Waals surface area contributed by atoms with Gasteiger partial charge in [0.05, 0.1) is 5.69 Å². The van der Waals surface area contributed by atoms with E-state index >= 15 is 0 Å². The second-order valence-electron chi connectivity index (χ2n) is 4.23. The lowest BCUT2D eigenvalue weighted by atomic mass is 10.2. The second-order valence-corrected chi connectivity index (χ2v) is 5.34. The minimum absolute atomic E-state index is 0.107. The normalized spacial score (nSPS) is 12.9. The lowest BCUT2D eigenvalue weighted by Crippen LogP contribution is -2.13. The minimum Gasteiger partial charge on any atom is -0.375 e. The number of nitrogens with one attached hydrogen (secondary N) is 1. The van der Waals surface area contributed by atoms with Gasteiger partial charge in [0, 0.05) is 18.5 Å². The van der Waals surface area contributed by atoms with E-state index in [9.17, 15) is 0 Å². The van der Waals surface area contributed by atoms with Gasteiger partial charge >= 0.3 is 0 Å². The maximum atomic E-state index is 5.34. The third-order valence-electron chi connectivity index (χ3n) is 2.70. The molecule has 0 fully saturated rings. The molecule has 1 aromatic rings. The molecule has 1 rings (SSSR count). The van der Waals surface area contributed by atoms with Crippen molar-refractivity contribution in [1.29, 1.82) is 0 Å². The summed E-state index contributed by atoms with van der Waals surface area (Å²) in [5, 5.41) is 4.55. The molecule has 98 valence electrons. The molecule has 4 heteroatoms. The fourth-order valence-corrected chi connectivity index (χ4v) is 2.74. The number of methoxy groups -OCH3 is 1. The highest BCUT2D eigenvalue weighted by Gasteiger charge is 2.14. The summed E-state index contributed by atoms with van der Waals surface area (Å²) in [7, 11) is 1.74. The van der Waals surface area contributed by atoms with Crippen molar-refractivity contribution in [3.05, 3.63) is 15.6 Å². The molecular formula is C13H24N2OS. The van der Waals surface area contributed by atoms with Crippen LogP contribution in [0.15, 0.2) is 0 Å². The van der Waals surface area contributed by atoms with Gasteiger partial charge in [0.25, 0.3) is 0 Å². The van der Waals surface area contributed by atoms with Crippen molar-refractivity contribution in [2.24, 2.45) is 0 Å². The van der Waals surface area contributed by atoms with E-state index in [1.54, 1.807) is 18.4 Å². The predicted octanol–water partition coefficient (Wildman–Crippen LogP) is 3.30. The highest BCUT2D eigenvalue weighted by atomic mass is 32.1. The predicted molar refractivity (Wildman–Crippen MR) is 73.5 cm³/mol. The number of thiazole rings is 1. The molecule has 3 nitrogen and oxygen atoms in total. The van der Waals surface area contributed by atoms with E-state index in [0.717, 1.165) is 30.9 Å². The molecule has 0 saturated heterocycles. The Morgan fingerprint density at radius 2 is 2.12 bits per heavy atom. The van der Waals surface area contributed by atoms with Crippen LogP contribution in [0.4, 0.5) is 0 Å². The van der Waals surface area contributed by atoms with Gasteiger partial charge in [-0.15, -0.1) is 11.3 Å². The maximum absolute atomic E-state index is 5.34. The van der Waals surface area contributed by atoms with Crippen molar-refractivity contribution in [2.45, 2.75) is 52.7 Å². The first-order valence-electron chi connectivity index (χ1n) is 6.44. The first-order valence-corrected chi connectivity index (χ1v) is 7.26. The number of aromatic nitrogens is 1. The molecule has 0 aliphatic carbocycles. The number of rotatable bonds is 8. The number of nitrogens with zero attached hydrogens (tertiary/aromatic N) is 1. The van der Waals surface area contributed by atoms with Gasteiger partial charge in [-0.1, -0.05) is 20.3 Å². The van der Waals surface area contributed by atoms with Crippen molar-refractivity contribution in [1.82, 2.24) is 10.3 Å². The fourth-order valence-electron chi connectivity index (χ4n) is 1.63. The van der Waals surface area contributed by atoms with E-state index in [2.05, 4.69) is 26.1 Å². The third kappa shape index (κ3) is 4.37. The molecule has 1 unspecified atom stereocenters. The van der Waals surface area contributed by atoms with Crippen LogP contribution in [-0.4, -0.2) is 18.6 Å². The number of hydrogen-bond acceptors (Lipinski definition) is 4. The summed E-state index contributed by atoms with van der Waals surface area (Å²) in [5.74, 6) is 0. The minimum atomic E-state index is 0.107. The Balaban J connectivity index is 2.73. The Bertz CT molecular complexity index is 325.